The molecule has 0 spiro atoms. The van der Waals surface area contributed by atoms with Crippen LogP contribution in [0.2, 0.25) is 5.02 Å². The average Bonchev–Trinajstić information content (AvgIpc) is 2.36. The molecule has 0 aliphatic heterocycles. The lowest BCUT2D eigenvalue weighted by atomic mass is 10.3. The highest BCUT2D eigenvalue weighted by Gasteiger charge is 2.07. The number of para-hydroxylation sites is 1. The van der Waals surface area contributed by atoms with Gasteiger partial charge in [-0.2, -0.15) is 0 Å². The topological polar surface area (TPSA) is 67.1 Å². The van der Waals surface area contributed by atoms with Gasteiger partial charge in [0.25, 0.3) is 0 Å². The minimum absolute atomic E-state index is 0.376. The SMILES string of the molecule is Nc1ccc(NC(=O)Nc2ccccc2Br)c(Cl)c1. The minimum Gasteiger partial charge on any atom is -0.399 e. The Morgan fingerprint density at radius 3 is 2.47 bits per heavy atom. The molecule has 19 heavy (non-hydrogen) atoms. The number of nitrogens with two attached hydrogens (primary N) is 1. The standard InChI is InChI=1S/C13H11BrClN3O/c14-9-3-1-2-4-11(9)17-13(19)18-12-6-5-8(16)7-10(12)15/h1-7H,16H2,(H2,17,18,19). The van der Waals surface area contributed by atoms with E-state index in [-0.39, 0.29) is 6.03 Å². The third-order valence-corrected chi connectivity index (χ3v) is 3.37. The third-order valence-electron chi connectivity index (χ3n) is 2.36. The Bertz CT molecular complexity index is 619. The van der Waals surface area contributed by atoms with Crippen LogP contribution < -0.4 is 16.4 Å². The van der Waals surface area contributed by atoms with Crippen LogP contribution in [0.1, 0.15) is 0 Å². The number of anilines is 3. The van der Waals surface area contributed by atoms with E-state index < -0.39 is 0 Å². The van der Waals surface area contributed by atoms with Crippen molar-refractivity contribution in [2.75, 3.05) is 16.4 Å². The summed E-state index contributed by atoms with van der Waals surface area (Å²) < 4.78 is 0.800. The first-order valence-electron chi connectivity index (χ1n) is 5.44. The summed E-state index contributed by atoms with van der Waals surface area (Å²) in [6, 6.07) is 11.8. The van der Waals surface area contributed by atoms with Gasteiger partial charge in [-0.3, -0.25) is 0 Å². The first-order chi connectivity index (χ1) is 9.06. The molecule has 0 fully saturated rings. The molecule has 2 amide bonds. The number of urea groups is 1. The molecule has 0 atom stereocenters. The molecule has 0 radical (unpaired) electrons. The highest BCUT2D eigenvalue weighted by atomic mass is 79.9. The molecule has 0 saturated carbocycles. The first-order valence-corrected chi connectivity index (χ1v) is 6.61. The maximum absolute atomic E-state index is 11.8. The first kappa shape index (κ1) is 13.7. The summed E-state index contributed by atoms with van der Waals surface area (Å²) in [4.78, 5) is 11.8. The zero-order valence-electron chi connectivity index (χ0n) is 9.78. The second-order valence-electron chi connectivity index (χ2n) is 3.80. The predicted octanol–water partition coefficient (Wildman–Crippen LogP) is 4.33. The van der Waals surface area contributed by atoms with Gasteiger partial charge in [-0.25, -0.2) is 4.79 Å². The Morgan fingerprint density at radius 1 is 1.11 bits per heavy atom. The second kappa shape index (κ2) is 5.95. The summed E-state index contributed by atoms with van der Waals surface area (Å²) in [6.45, 7) is 0. The lowest BCUT2D eigenvalue weighted by molar-refractivity contribution is 0.262. The Morgan fingerprint density at radius 2 is 1.79 bits per heavy atom. The number of halogens is 2. The van der Waals surface area contributed by atoms with Gasteiger partial charge in [0.05, 0.1) is 16.4 Å². The number of hydrogen-bond donors (Lipinski definition) is 3. The number of hydrogen-bond acceptors (Lipinski definition) is 2. The van der Waals surface area contributed by atoms with Crippen molar-refractivity contribution >= 4 is 50.6 Å². The van der Waals surface area contributed by atoms with Gasteiger partial charge in [0.1, 0.15) is 0 Å². The van der Waals surface area contributed by atoms with Crippen LogP contribution in [-0.4, -0.2) is 6.03 Å². The molecule has 0 bridgehead atoms. The van der Waals surface area contributed by atoms with Gasteiger partial charge >= 0.3 is 6.03 Å². The number of carbonyl (C=O) groups excluding carboxylic acids is 1. The molecule has 4 N–H and O–H groups in total. The molecular formula is C13H11BrClN3O. The fraction of sp³-hybridized carbons (Fsp3) is 0. The molecule has 2 aromatic carbocycles. The number of nitrogens with one attached hydrogen (secondary N) is 2. The summed E-state index contributed by atoms with van der Waals surface area (Å²) in [5.74, 6) is 0. The molecule has 0 aliphatic carbocycles. The van der Waals surface area contributed by atoms with Gasteiger partial charge in [-0.05, 0) is 46.3 Å². The van der Waals surface area contributed by atoms with E-state index in [0.717, 1.165) is 4.47 Å². The lowest BCUT2D eigenvalue weighted by Gasteiger charge is -2.10. The number of carbonyl (C=O) groups is 1. The van der Waals surface area contributed by atoms with Crippen LogP contribution in [0.15, 0.2) is 46.9 Å². The molecule has 98 valence electrons. The van der Waals surface area contributed by atoms with Crippen LogP contribution in [-0.2, 0) is 0 Å². The third kappa shape index (κ3) is 3.62. The van der Waals surface area contributed by atoms with Crippen molar-refractivity contribution < 1.29 is 4.79 Å². The highest BCUT2D eigenvalue weighted by Crippen LogP contribution is 2.25. The number of nitrogen functional groups attached to an aromatic ring is 1. The zero-order chi connectivity index (χ0) is 13.8. The second-order valence-corrected chi connectivity index (χ2v) is 5.06. The maximum atomic E-state index is 11.8. The minimum atomic E-state index is -0.376. The van der Waals surface area contributed by atoms with Crippen LogP contribution in [0, 0.1) is 0 Å². The summed E-state index contributed by atoms with van der Waals surface area (Å²) >= 11 is 9.33. The van der Waals surface area contributed by atoms with Crippen LogP contribution in [0.3, 0.4) is 0 Å². The van der Waals surface area contributed by atoms with Gasteiger partial charge in [0.15, 0.2) is 0 Å². The van der Waals surface area contributed by atoms with E-state index in [1.807, 2.05) is 18.2 Å². The normalized spacial score (nSPS) is 10.0. The van der Waals surface area contributed by atoms with Crippen molar-refractivity contribution in [2.24, 2.45) is 0 Å². The molecule has 0 unspecified atom stereocenters. The van der Waals surface area contributed by atoms with Gasteiger partial charge in [-0.1, -0.05) is 23.7 Å². The van der Waals surface area contributed by atoms with Crippen molar-refractivity contribution in [3.05, 3.63) is 52.0 Å². The molecular weight excluding hydrogens is 330 g/mol. The Labute approximate surface area is 124 Å². The monoisotopic (exact) mass is 339 g/mol. The quantitative estimate of drug-likeness (QED) is 0.712. The Kier molecular flexibility index (Phi) is 4.29. The number of rotatable bonds is 2. The van der Waals surface area contributed by atoms with Gasteiger partial charge in [-0.15, -0.1) is 0 Å². The van der Waals surface area contributed by atoms with Gasteiger partial charge in [0, 0.05) is 10.2 Å². The molecule has 0 heterocycles. The van der Waals surface area contributed by atoms with Crippen molar-refractivity contribution in [3.63, 3.8) is 0 Å². The lowest BCUT2D eigenvalue weighted by Crippen LogP contribution is -2.19. The Balaban J connectivity index is 2.08. The molecule has 0 aromatic heterocycles. The summed E-state index contributed by atoms with van der Waals surface area (Å²) in [5, 5.41) is 5.76. The highest BCUT2D eigenvalue weighted by molar-refractivity contribution is 9.10. The van der Waals surface area contributed by atoms with E-state index in [9.17, 15) is 4.79 Å². The van der Waals surface area contributed by atoms with Gasteiger partial charge < -0.3 is 16.4 Å². The van der Waals surface area contributed by atoms with Crippen LogP contribution >= 0.6 is 27.5 Å². The van der Waals surface area contributed by atoms with Crippen LogP contribution in [0.4, 0.5) is 21.9 Å². The van der Waals surface area contributed by atoms with E-state index in [0.29, 0.717) is 22.1 Å². The molecule has 0 saturated heterocycles. The van der Waals surface area contributed by atoms with Crippen LogP contribution in [0.5, 0.6) is 0 Å². The van der Waals surface area contributed by atoms with Crippen molar-refractivity contribution in [3.8, 4) is 0 Å². The molecule has 0 aliphatic rings. The maximum Gasteiger partial charge on any atom is 0.323 e. The fourth-order valence-corrected chi connectivity index (χ4v) is 2.09. The van der Waals surface area contributed by atoms with E-state index in [1.165, 1.54) is 0 Å². The van der Waals surface area contributed by atoms with E-state index in [4.69, 9.17) is 17.3 Å². The summed E-state index contributed by atoms with van der Waals surface area (Å²) in [7, 11) is 0. The number of benzene rings is 2. The largest absolute Gasteiger partial charge is 0.399 e. The fourth-order valence-electron chi connectivity index (χ4n) is 1.47. The average molecular weight is 341 g/mol. The van der Waals surface area contributed by atoms with E-state index in [2.05, 4.69) is 26.6 Å². The van der Waals surface area contributed by atoms with E-state index in [1.54, 1.807) is 24.3 Å². The van der Waals surface area contributed by atoms with Crippen molar-refractivity contribution in [1.29, 1.82) is 0 Å². The molecule has 4 nitrogen and oxygen atoms in total. The molecule has 2 rings (SSSR count). The van der Waals surface area contributed by atoms with Crippen molar-refractivity contribution in [2.45, 2.75) is 0 Å². The van der Waals surface area contributed by atoms with Crippen LogP contribution in [0.25, 0.3) is 0 Å². The Hall–Kier alpha value is -1.72. The molecule has 2 aromatic rings. The predicted molar refractivity (Wildman–Crippen MR) is 82.6 cm³/mol. The zero-order valence-corrected chi connectivity index (χ0v) is 12.1. The smallest absolute Gasteiger partial charge is 0.323 e. The summed E-state index contributed by atoms with van der Waals surface area (Å²) in [6.07, 6.45) is 0. The van der Waals surface area contributed by atoms with Gasteiger partial charge in [0.2, 0.25) is 0 Å². The number of amides is 2. The molecule has 6 heteroatoms. The van der Waals surface area contributed by atoms with Crippen molar-refractivity contribution in [1.82, 2.24) is 0 Å². The summed E-state index contributed by atoms with van der Waals surface area (Å²) in [5.41, 5.74) is 7.30. The van der Waals surface area contributed by atoms with E-state index >= 15 is 0 Å².